The van der Waals surface area contributed by atoms with Crippen molar-refractivity contribution in [3.63, 3.8) is 0 Å². The van der Waals surface area contributed by atoms with Crippen molar-refractivity contribution in [2.75, 3.05) is 12.4 Å². The van der Waals surface area contributed by atoms with Gasteiger partial charge in [0, 0.05) is 6.07 Å². The van der Waals surface area contributed by atoms with Gasteiger partial charge in [0.15, 0.2) is 0 Å². The van der Waals surface area contributed by atoms with Crippen LogP contribution in [0.5, 0.6) is 5.75 Å². The number of hydrogen-bond acceptors (Lipinski definition) is 7. The third-order valence-corrected chi connectivity index (χ3v) is 3.91. The fraction of sp³-hybridized carbons (Fsp3) is 0.0588. The molecule has 0 unspecified atom stereocenters. The number of carbonyl (C=O) groups is 1. The van der Waals surface area contributed by atoms with Gasteiger partial charge in [-0.05, 0) is 35.4 Å². The van der Waals surface area contributed by atoms with Crippen molar-refractivity contribution in [2.24, 2.45) is 0 Å². The van der Waals surface area contributed by atoms with Crippen molar-refractivity contribution < 1.29 is 19.4 Å². The number of benzene rings is 2. The number of nitrogens with zero attached hydrogens (tertiary/aromatic N) is 3. The molecule has 1 amide bonds. The number of methoxy groups -OCH3 is 1. The molecule has 1 heterocycles. The van der Waals surface area contributed by atoms with Crippen LogP contribution in [-0.2, 0) is 0 Å². The molecule has 0 fully saturated rings. The fourth-order valence-corrected chi connectivity index (χ4v) is 2.53. The predicted molar refractivity (Wildman–Crippen MR) is 98.3 cm³/mol. The summed E-state index contributed by atoms with van der Waals surface area (Å²) in [5.41, 5.74) is -0.0676. The molecule has 3 aromatic rings. The van der Waals surface area contributed by atoms with E-state index in [1.165, 1.54) is 25.3 Å². The molecule has 28 heavy (non-hydrogen) atoms. The second kappa shape index (κ2) is 7.53. The number of H-pyrrole nitrogens is 1. The zero-order chi connectivity index (χ0) is 20.3. The molecule has 0 spiro atoms. The summed E-state index contributed by atoms with van der Waals surface area (Å²) in [6.07, 6.45) is 0.886. The SMILES string of the molecule is COc1ccc(-c2ccc([N+](=O)[O-])c(NC(=O)c3[nH]ncc3[N+](=O)[O-])c2)cc1. The van der Waals surface area contributed by atoms with Crippen molar-refractivity contribution in [1.29, 1.82) is 0 Å². The van der Waals surface area contributed by atoms with E-state index >= 15 is 0 Å². The molecule has 2 aromatic carbocycles. The lowest BCUT2D eigenvalue weighted by Gasteiger charge is -2.08. The van der Waals surface area contributed by atoms with Gasteiger partial charge in [0.2, 0.25) is 5.69 Å². The minimum absolute atomic E-state index is 0.104. The molecule has 0 bridgehead atoms. The number of ether oxygens (including phenoxy) is 1. The van der Waals surface area contributed by atoms with Gasteiger partial charge in [-0.2, -0.15) is 5.10 Å². The molecule has 0 aliphatic rings. The van der Waals surface area contributed by atoms with Gasteiger partial charge in [-0.25, -0.2) is 0 Å². The molecule has 0 atom stereocenters. The summed E-state index contributed by atoms with van der Waals surface area (Å²) >= 11 is 0. The molecule has 3 rings (SSSR count). The molecule has 0 saturated heterocycles. The van der Waals surface area contributed by atoms with Gasteiger partial charge in [0.25, 0.3) is 11.6 Å². The van der Waals surface area contributed by atoms with Crippen LogP contribution in [0.4, 0.5) is 17.1 Å². The Bertz CT molecular complexity index is 1060. The van der Waals surface area contributed by atoms with Crippen LogP contribution in [0.25, 0.3) is 11.1 Å². The van der Waals surface area contributed by atoms with Crippen molar-refractivity contribution in [3.05, 3.63) is 74.6 Å². The average molecular weight is 383 g/mol. The third-order valence-electron chi connectivity index (χ3n) is 3.91. The molecule has 1 aromatic heterocycles. The molecule has 0 radical (unpaired) electrons. The average Bonchev–Trinajstić information content (AvgIpc) is 3.18. The van der Waals surface area contributed by atoms with Crippen LogP contribution in [0.1, 0.15) is 10.5 Å². The highest BCUT2D eigenvalue weighted by molar-refractivity contribution is 6.06. The second-order valence-corrected chi connectivity index (χ2v) is 5.56. The molecule has 0 aliphatic carbocycles. The van der Waals surface area contributed by atoms with Gasteiger partial charge in [0.05, 0.1) is 17.0 Å². The predicted octanol–water partition coefficient (Wildman–Crippen LogP) is 3.15. The van der Waals surface area contributed by atoms with E-state index in [-0.39, 0.29) is 11.4 Å². The largest absolute Gasteiger partial charge is 0.497 e. The van der Waals surface area contributed by atoms with Gasteiger partial charge in [-0.15, -0.1) is 0 Å². The highest BCUT2D eigenvalue weighted by Gasteiger charge is 2.25. The molecule has 2 N–H and O–H groups in total. The monoisotopic (exact) mass is 383 g/mol. The second-order valence-electron chi connectivity index (χ2n) is 5.56. The smallest absolute Gasteiger partial charge is 0.319 e. The molecule has 11 heteroatoms. The van der Waals surface area contributed by atoms with Crippen molar-refractivity contribution in [1.82, 2.24) is 10.2 Å². The van der Waals surface area contributed by atoms with E-state index in [9.17, 15) is 25.0 Å². The maximum Gasteiger partial charge on any atom is 0.319 e. The Labute approximate surface area is 157 Å². The van der Waals surface area contributed by atoms with E-state index in [2.05, 4.69) is 15.5 Å². The normalized spacial score (nSPS) is 10.3. The Kier molecular flexibility index (Phi) is 4.98. The summed E-state index contributed by atoms with van der Waals surface area (Å²) in [5, 5.41) is 30.3. The Balaban J connectivity index is 1.98. The lowest BCUT2D eigenvalue weighted by Crippen LogP contribution is -2.15. The highest BCUT2D eigenvalue weighted by atomic mass is 16.6. The Morgan fingerprint density at radius 1 is 1.04 bits per heavy atom. The summed E-state index contributed by atoms with van der Waals surface area (Å²) in [4.78, 5) is 33.2. The number of anilines is 1. The summed E-state index contributed by atoms with van der Waals surface area (Å²) in [6.45, 7) is 0. The maximum atomic E-state index is 12.4. The zero-order valence-electron chi connectivity index (χ0n) is 14.4. The Hall–Kier alpha value is -4.28. The van der Waals surface area contributed by atoms with Crippen molar-refractivity contribution >= 4 is 23.0 Å². The van der Waals surface area contributed by atoms with E-state index in [1.807, 2.05) is 0 Å². The maximum absolute atomic E-state index is 12.4. The molecular formula is C17H13N5O6. The number of nitro groups is 2. The first-order valence-electron chi connectivity index (χ1n) is 7.82. The molecule has 142 valence electrons. The number of nitro benzene ring substituents is 1. The number of carbonyl (C=O) groups excluding carboxylic acids is 1. The summed E-state index contributed by atoms with van der Waals surface area (Å²) in [5.74, 6) is -0.273. The fourth-order valence-electron chi connectivity index (χ4n) is 2.53. The van der Waals surface area contributed by atoms with E-state index < -0.39 is 27.1 Å². The topological polar surface area (TPSA) is 153 Å². The number of aromatic amines is 1. The van der Waals surface area contributed by atoms with Crippen LogP contribution in [0.15, 0.2) is 48.7 Å². The summed E-state index contributed by atoms with van der Waals surface area (Å²) in [7, 11) is 1.53. The quantitative estimate of drug-likeness (QED) is 0.489. The van der Waals surface area contributed by atoms with Gasteiger partial charge in [-0.1, -0.05) is 12.1 Å². The van der Waals surface area contributed by atoms with Crippen molar-refractivity contribution in [3.8, 4) is 16.9 Å². The van der Waals surface area contributed by atoms with Crippen LogP contribution >= 0.6 is 0 Å². The van der Waals surface area contributed by atoms with E-state index in [1.54, 1.807) is 24.3 Å². The van der Waals surface area contributed by atoms with Crippen LogP contribution in [0.2, 0.25) is 0 Å². The van der Waals surface area contributed by atoms with Gasteiger partial charge >= 0.3 is 5.69 Å². The molecule has 0 saturated carbocycles. The van der Waals surface area contributed by atoms with Gasteiger partial charge in [0.1, 0.15) is 17.6 Å². The first-order valence-corrected chi connectivity index (χ1v) is 7.82. The third kappa shape index (κ3) is 3.62. The van der Waals surface area contributed by atoms with E-state index in [0.29, 0.717) is 11.3 Å². The highest BCUT2D eigenvalue weighted by Crippen LogP contribution is 2.32. The Morgan fingerprint density at radius 2 is 1.68 bits per heavy atom. The number of nitrogens with one attached hydrogen (secondary N) is 2. The number of hydrogen-bond donors (Lipinski definition) is 2. The number of rotatable bonds is 6. The lowest BCUT2D eigenvalue weighted by molar-refractivity contribution is -0.385. The van der Waals surface area contributed by atoms with E-state index in [0.717, 1.165) is 11.8 Å². The lowest BCUT2D eigenvalue weighted by atomic mass is 10.0. The minimum atomic E-state index is -0.917. The number of amides is 1. The van der Waals surface area contributed by atoms with Crippen LogP contribution < -0.4 is 10.1 Å². The molecule has 11 nitrogen and oxygen atoms in total. The first kappa shape index (κ1) is 18.5. The van der Waals surface area contributed by atoms with Crippen LogP contribution in [0.3, 0.4) is 0 Å². The number of aromatic nitrogens is 2. The van der Waals surface area contributed by atoms with Crippen LogP contribution in [-0.4, -0.2) is 33.1 Å². The standard InChI is InChI=1S/C17H13N5O6/c1-28-12-5-2-10(3-6-12)11-4-7-14(21(24)25)13(8-11)19-17(23)16-15(22(26)27)9-18-20-16/h2-9H,1H3,(H,18,20)(H,19,23). The minimum Gasteiger partial charge on any atom is -0.497 e. The molecular weight excluding hydrogens is 370 g/mol. The van der Waals surface area contributed by atoms with Gasteiger partial charge in [-0.3, -0.25) is 30.1 Å². The van der Waals surface area contributed by atoms with Gasteiger partial charge < -0.3 is 10.1 Å². The van der Waals surface area contributed by atoms with Crippen LogP contribution in [0, 0.1) is 20.2 Å². The van der Waals surface area contributed by atoms with E-state index in [4.69, 9.17) is 4.74 Å². The zero-order valence-corrected chi connectivity index (χ0v) is 14.4. The summed E-state index contributed by atoms with van der Waals surface area (Å²) in [6, 6.07) is 11.2. The first-order chi connectivity index (χ1) is 13.4. The Morgan fingerprint density at radius 3 is 2.29 bits per heavy atom. The summed E-state index contributed by atoms with van der Waals surface area (Å²) < 4.78 is 5.09. The molecule has 0 aliphatic heterocycles. The van der Waals surface area contributed by atoms with Crippen molar-refractivity contribution in [2.45, 2.75) is 0 Å².